The van der Waals surface area contributed by atoms with Crippen LogP contribution in [0.25, 0.3) is 22.4 Å². The van der Waals surface area contributed by atoms with Crippen molar-refractivity contribution >= 4 is 17.1 Å². The van der Waals surface area contributed by atoms with E-state index in [4.69, 9.17) is 8.83 Å². The van der Waals surface area contributed by atoms with Gasteiger partial charge in [-0.1, -0.05) is 30.3 Å². The first-order valence-electron chi connectivity index (χ1n) is 7.22. The zero-order chi connectivity index (χ0) is 15.6. The molecule has 2 aromatic heterocycles. The highest BCUT2D eigenvalue weighted by Gasteiger charge is 2.08. The van der Waals surface area contributed by atoms with Crippen molar-refractivity contribution in [2.24, 2.45) is 0 Å². The van der Waals surface area contributed by atoms with Crippen LogP contribution < -0.4 is 5.32 Å². The van der Waals surface area contributed by atoms with Crippen LogP contribution in [0.5, 0.6) is 0 Å². The van der Waals surface area contributed by atoms with Crippen molar-refractivity contribution in [3.63, 3.8) is 0 Å². The minimum atomic E-state index is -0.348. The molecule has 114 valence electrons. The Labute approximate surface area is 131 Å². The monoisotopic (exact) mass is 308 g/mol. The lowest BCUT2D eigenvalue weighted by Crippen LogP contribution is -1.97. The molecule has 0 aliphatic rings. The van der Waals surface area contributed by atoms with Gasteiger partial charge in [-0.2, -0.15) is 4.98 Å². The standard InChI is InChI=1S/C18H13FN2O2/c19-13-6-8-15-17(10-13)23-18(21-15)20-11-14-7-9-16(22-14)12-4-2-1-3-5-12/h1-10H,11H2,(H,20,21). The topological polar surface area (TPSA) is 51.2 Å². The van der Waals surface area contributed by atoms with E-state index >= 15 is 0 Å². The van der Waals surface area contributed by atoms with E-state index in [0.29, 0.717) is 23.7 Å². The minimum Gasteiger partial charge on any atom is -0.459 e. The van der Waals surface area contributed by atoms with Gasteiger partial charge >= 0.3 is 0 Å². The summed E-state index contributed by atoms with van der Waals surface area (Å²) in [5, 5.41) is 3.04. The number of halogens is 1. The van der Waals surface area contributed by atoms with Crippen molar-refractivity contribution in [2.75, 3.05) is 5.32 Å². The molecular formula is C18H13FN2O2. The van der Waals surface area contributed by atoms with Gasteiger partial charge in [0, 0.05) is 11.6 Å². The SMILES string of the molecule is Fc1ccc2nc(NCc3ccc(-c4ccccc4)o3)oc2c1. The van der Waals surface area contributed by atoms with Gasteiger partial charge in [0.2, 0.25) is 0 Å². The largest absolute Gasteiger partial charge is 0.459 e. The van der Waals surface area contributed by atoms with E-state index in [1.807, 2.05) is 42.5 Å². The van der Waals surface area contributed by atoms with Crippen molar-refractivity contribution < 1.29 is 13.2 Å². The highest BCUT2D eigenvalue weighted by atomic mass is 19.1. The zero-order valence-electron chi connectivity index (χ0n) is 12.1. The smallest absolute Gasteiger partial charge is 0.296 e. The lowest BCUT2D eigenvalue weighted by Gasteiger charge is -1.99. The van der Waals surface area contributed by atoms with Gasteiger partial charge in [0.15, 0.2) is 5.58 Å². The molecule has 4 aromatic rings. The zero-order valence-corrected chi connectivity index (χ0v) is 12.1. The normalized spacial score (nSPS) is 11.0. The van der Waals surface area contributed by atoms with Crippen LogP contribution in [0.3, 0.4) is 0 Å². The Kier molecular flexibility index (Phi) is 3.31. The number of nitrogens with one attached hydrogen (secondary N) is 1. The fraction of sp³-hybridized carbons (Fsp3) is 0.0556. The Balaban J connectivity index is 1.49. The first-order chi connectivity index (χ1) is 11.3. The predicted octanol–water partition coefficient (Wildman–Crippen LogP) is 4.84. The van der Waals surface area contributed by atoms with Gasteiger partial charge in [0.25, 0.3) is 6.01 Å². The number of anilines is 1. The second-order valence-electron chi connectivity index (χ2n) is 5.12. The van der Waals surface area contributed by atoms with Crippen molar-refractivity contribution in [1.29, 1.82) is 0 Å². The molecule has 23 heavy (non-hydrogen) atoms. The second kappa shape index (κ2) is 5.61. The fourth-order valence-electron chi connectivity index (χ4n) is 2.37. The molecule has 0 radical (unpaired) electrons. The van der Waals surface area contributed by atoms with Crippen LogP contribution in [-0.4, -0.2) is 4.98 Å². The number of fused-ring (bicyclic) bond motifs is 1. The molecule has 0 amide bonds. The van der Waals surface area contributed by atoms with Gasteiger partial charge in [-0.05, 0) is 24.3 Å². The Morgan fingerprint density at radius 2 is 1.83 bits per heavy atom. The molecular weight excluding hydrogens is 295 g/mol. The van der Waals surface area contributed by atoms with Gasteiger partial charge in [-0.3, -0.25) is 0 Å². The molecule has 0 unspecified atom stereocenters. The Bertz CT molecular complexity index is 944. The summed E-state index contributed by atoms with van der Waals surface area (Å²) in [5.41, 5.74) is 2.05. The third kappa shape index (κ3) is 2.81. The maximum absolute atomic E-state index is 13.1. The summed E-state index contributed by atoms with van der Waals surface area (Å²) in [6.07, 6.45) is 0. The predicted molar refractivity (Wildman–Crippen MR) is 85.4 cm³/mol. The van der Waals surface area contributed by atoms with Gasteiger partial charge < -0.3 is 14.2 Å². The van der Waals surface area contributed by atoms with Crippen LogP contribution in [0, 0.1) is 5.82 Å². The number of oxazole rings is 1. The summed E-state index contributed by atoms with van der Waals surface area (Å²) in [6.45, 7) is 0.433. The van der Waals surface area contributed by atoms with E-state index in [-0.39, 0.29) is 5.82 Å². The number of rotatable bonds is 4. The van der Waals surface area contributed by atoms with Crippen molar-refractivity contribution in [3.8, 4) is 11.3 Å². The number of hydrogen-bond donors (Lipinski definition) is 1. The van der Waals surface area contributed by atoms with E-state index in [9.17, 15) is 4.39 Å². The average Bonchev–Trinajstić information content (AvgIpc) is 3.20. The third-order valence-corrected chi connectivity index (χ3v) is 3.48. The van der Waals surface area contributed by atoms with Crippen LogP contribution in [0.2, 0.25) is 0 Å². The lowest BCUT2D eigenvalue weighted by atomic mass is 10.2. The second-order valence-corrected chi connectivity index (χ2v) is 5.12. The van der Waals surface area contributed by atoms with Crippen LogP contribution in [0.1, 0.15) is 5.76 Å². The van der Waals surface area contributed by atoms with Crippen LogP contribution in [0.4, 0.5) is 10.4 Å². The average molecular weight is 308 g/mol. The summed E-state index contributed by atoms with van der Waals surface area (Å²) < 4.78 is 24.4. The van der Waals surface area contributed by atoms with Gasteiger partial charge in [-0.15, -0.1) is 0 Å². The molecule has 4 rings (SSSR count). The quantitative estimate of drug-likeness (QED) is 0.586. The van der Waals surface area contributed by atoms with Gasteiger partial charge in [0.05, 0.1) is 6.54 Å². The number of nitrogens with zero attached hydrogens (tertiary/aromatic N) is 1. The Hall–Kier alpha value is -3.08. The number of furan rings is 1. The van der Waals surface area contributed by atoms with Crippen molar-refractivity contribution in [2.45, 2.75) is 6.54 Å². The highest BCUT2D eigenvalue weighted by Crippen LogP contribution is 2.23. The molecule has 0 atom stereocenters. The Morgan fingerprint density at radius 1 is 0.957 bits per heavy atom. The van der Waals surface area contributed by atoms with Gasteiger partial charge in [0.1, 0.15) is 22.9 Å². The minimum absolute atomic E-state index is 0.336. The highest BCUT2D eigenvalue weighted by molar-refractivity contribution is 5.74. The molecule has 0 aliphatic carbocycles. The summed E-state index contributed by atoms with van der Waals surface area (Å²) in [6, 6.07) is 18.3. The molecule has 4 nitrogen and oxygen atoms in total. The summed E-state index contributed by atoms with van der Waals surface area (Å²) in [5.74, 6) is 1.22. The van der Waals surface area contributed by atoms with E-state index in [1.54, 1.807) is 6.07 Å². The van der Waals surface area contributed by atoms with Gasteiger partial charge in [-0.25, -0.2) is 4.39 Å². The first-order valence-corrected chi connectivity index (χ1v) is 7.22. The number of aromatic nitrogens is 1. The maximum atomic E-state index is 13.1. The third-order valence-electron chi connectivity index (χ3n) is 3.48. The summed E-state index contributed by atoms with van der Waals surface area (Å²) >= 11 is 0. The first kappa shape index (κ1) is 13.6. The Morgan fingerprint density at radius 3 is 2.70 bits per heavy atom. The molecule has 0 saturated heterocycles. The van der Waals surface area contributed by atoms with E-state index < -0.39 is 0 Å². The van der Waals surface area contributed by atoms with Crippen LogP contribution in [-0.2, 0) is 6.54 Å². The van der Waals surface area contributed by atoms with Crippen LogP contribution in [0.15, 0.2) is 69.5 Å². The molecule has 0 aliphatic heterocycles. The molecule has 2 heterocycles. The van der Waals surface area contributed by atoms with E-state index in [0.717, 1.165) is 17.1 Å². The fourth-order valence-corrected chi connectivity index (χ4v) is 2.37. The number of hydrogen-bond acceptors (Lipinski definition) is 4. The van der Waals surface area contributed by atoms with E-state index in [1.165, 1.54) is 12.1 Å². The lowest BCUT2D eigenvalue weighted by molar-refractivity contribution is 0.525. The summed E-state index contributed by atoms with van der Waals surface area (Å²) in [7, 11) is 0. The summed E-state index contributed by atoms with van der Waals surface area (Å²) in [4.78, 5) is 4.25. The molecule has 0 fully saturated rings. The van der Waals surface area contributed by atoms with E-state index in [2.05, 4.69) is 10.3 Å². The molecule has 2 aromatic carbocycles. The number of benzene rings is 2. The molecule has 5 heteroatoms. The van der Waals surface area contributed by atoms with Crippen molar-refractivity contribution in [3.05, 3.63) is 72.2 Å². The van der Waals surface area contributed by atoms with Crippen LogP contribution >= 0.6 is 0 Å². The molecule has 0 saturated carbocycles. The molecule has 1 N–H and O–H groups in total. The maximum Gasteiger partial charge on any atom is 0.296 e. The van der Waals surface area contributed by atoms with Crippen molar-refractivity contribution in [1.82, 2.24) is 4.98 Å². The molecule has 0 spiro atoms. The molecule has 0 bridgehead atoms.